The molecule has 1 aliphatic heterocycles. The Bertz CT molecular complexity index is 1070. The number of ether oxygens (including phenoxy) is 2. The van der Waals surface area contributed by atoms with E-state index in [1.165, 1.54) is 6.07 Å². The largest absolute Gasteiger partial charge is 0.476 e. The van der Waals surface area contributed by atoms with Crippen molar-refractivity contribution in [3.05, 3.63) is 65.0 Å². The maximum absolute atomic E-state index is 14.5. The van der Waals surface area contributed by atoms with Crippen LogP contribution in [0.3, 0.4) is 0 Å². The van der Waals surface area contributed by atoms with Crippen molar-refractivity contribution in [1.82, 2.24) is 14.7 Å². The molecule has 0 saturated carbocycles. The minimum Gasteiger partial charge on any atom is -0.476 e. The predicted molar refractivity (Wildman–Crippen MR) is 137 cm³/mol. The topological polar surface area (TPSA) is 62.3 Å². The van der Waals surface area contributed by atoms with Gasteiger partial charge in [-0.2, -0.15) is 0 Å². The number of piperazine rings is 1. The summed E-state index contributed by atoms with van der Waals surface area (Å²) < 4.78 is 26.1. The van der Waals surface area contributed by atoms with Gasteiger partial charge in [-0.3, -0.25) is 4.79 Å². The van der Waals surface area contributed by atoms with Crippen LogP contribution < -0.4 is 4.74 Å². The average Bonchev–Trinajstić information content (AvgIpc) is 2.78. The molecule has 3 rings (SSSR count). The molecule has 0 radical (unpaired) electrons. The number of benzene rings is 2. The minimum atomic E-state index is -1.01. The lowest BCUT2D eigenvalue weighted by Crippen LogP contribution is -2.57. The first-order valence-electron chi connectivity index (χ1n) is 12.3. The SMILES string of the molecule is Cc1ccc(C(Oc2ccc(CN(C)C)cc2)C(=O)N2CCN(C(=O)OC(C)(C)C)[C@H](C)C2)cc1F. The second-order valence-electron chi connectivity index (χ2n) is 10.7. The molecule has 7 nitrogen and oxygen atoms in total. The number of carbonyl (C=O) groups excluding carboxylic acids is 2. The Balaban J connectivity index is 1.80. The fourth-order valence-corrected chi connectivity index (χ4v) is 4.12. The van der Waals surface area contributed by atoms with E-state index in [0.717, 1.165) is 12.1 Å². The van der Waals surface area contributed by atoms with Crippen molar-refractivity contribution in [3.63, 3.8) is 0 Å². The molecule has 2 aromatic carbocycles. The summed E-state index contributed by atoms with van der Waals surface area (Å²) in [5, 5.41) is 0. The van der Waals surface area contributed by atoms with E-state index in [0.29, 0.717) is 36.5 Å². The van der Waals surface area contributed by atoms with E-state index in [-0.39, 0.29) is 11.9 Å². The Morgan fingerprint density at radius 1 is 1.11 bits per heavy atom. The molecule has 2 amide bonds. The van der Waals surface area contributed by atoms with Gasteiger partial charge in [0.15, 0.2) is 0 Å². The summed E-state index contributed by atoms with van der Waals surface area (Å²) in [5.74, 6) is -0.137. The highest BCUT2D eigenvalue weighted by atomic mass is 19.1. The van der Waals surface area contributed by atoms with Crippen LogP contribution in [-0.4, -0.2) is 72.1 Å². The number of nitrogens with zero attached hydrogens (tertiary/aromatic N) is 3. The molecular formula is C28H38FN3O4. The third kappa shape index (κ3) is 7.20. The molecule has 1 heterocycles. The summed E-state index contributed by atoms with van der Waals surface area (Å²) in [7, 11) is 3.99. The Morgan fingerprint density at radius 3 is 2.33 bits per heavy atom. The molecule has 0 aromatic heterocycles. The summed E-state index contributed by atoms with van der Waals surface area (Å²) in [5.41, 5.74) is 1.46. The first kappa shape index (κ1) is 27.5. The van der Waals surface area contributed by atoms with Gasteiger partial charge >= 0.3 is 6.09 Å². The van der Waals surface area contributed by atoms with Gasteiger partial charge < -0.3 is 24.2 Å². The lowest BCUT2D eigenvalue weighted by atomic mass is 10.0. The number of rotatable bonds is 6. The smallest absolute Gasteiger partial charge is 0.410 e. The molecule has 2 atom stereocenters. The highest BCUT2D eigenvalue weighted by molar-refractivity contribution is 5.83. The fraction of sp³-hybridized carbons (Fsp3) is 0.500. The van der Waals surface area contributed by atoms with Gasteiger partial charge in [0, 0.05) is 37.8 Å². The highest BCUT2D eigenvalue weighted by Gasteiger charge is 2.36. The minimum absolute atomic E-state index is 0.238. The Kier molecular flexibility index (Phi) is 8.61. The molecule has 1 fully saturated rings. The molecule has 0 N–H and O–H groups in total. The molecule has 36 heavy (non-hydrogen) atoms. The van der Waals surface area contributed by atoms with Gasteiger partial charge in [-0.25, -0.2) is 9.18 Å². The van der Waals surface area contributed by atoms with Crippen LogP contribution in [0.1, 0.15) is 50.5 Å². The highest BCUT2D eigenvalue weighted by Crippen LogP contribution is 2.27. The van der Waals surface area contributed by atoms with Crippen LogP contribution in [0, 0.1) is 12.7 Å². The third-order valence-corrected chi connectivity index (χ3v) is 5.97. The van der Waals surface area contributed by atoms with Gasteiger partial charge in [-0.15, -0.1) is 0 Å². The number of hydrogen-bond donors (Lipinski definition) is 0. The van der Waals surface area contributed by atoms with Crippen molar-refractivity contribution in [2.24, 2.45) is 0 Å². The molecular weight excluding hydrogens is 461 g/mol. The van der Waals surface area contributed by atoms with Crippen LogP contribution in [0.4, 0.5) is 9.18 Å². The number of amides is 2. The quantitative estimate of drug-likeness (QED) is 0.572. The standard InChI is InChI=1S/C28H38FN3O4/c1-19-8-11-22(16-24(19)29)25(35-23-12-9-21(10-13-23)18-30(6)7)26(33)31-14-15-32(20(2)17-31)27(34)36-28(3,4)5/h8-13,16,20,25H,14-15,17-18H2,1-7H3/t20-,25?/m1/s1. The molecule has 0 aliphatic carbocycles. The molecule has 196 valence electrons. The van der Waals surface area contributed by atoms with Crippen molar-refractivity contribution in [2.75, 3.05) is 33.7 Å². The van der Waals surface area contributed by atoms with E-state index in [1.807, 2.05) is 66.1 Å². The van der Waals surface area contributed by atoms with Crippen LogP contribution in [-0.2, 0) is 16.1 Å². The van der Waals surface area contributed by atoms with E-state index in [9.17, 15) is 14.0 Å². The van der Waals surface area contributed by atoms with Crippen LogP contribution >= 0.6 is 0 Å². The Labute approximate surface area is 213 Å². The molecule has 1 aliphatic rings. The number of carbonyl (C=O) groups is 2. The second-order valence-corrected chi connectivity index (χ2v) is 10.7. The van der Waals surface area contributed by atoms with Crippen molar-refractivity contribution >= 4 is 12.0 Å². The number of halogens is 1. The number of aryl methyl sites for hydroxylation is 1. The molecule has 1 saturated heterocycles. The van der Waals surface area contributed by atoms with Crippen LogP contribution in [0.15, 0.2) is 42.5 Å². The summed E-state index contributed by atoms with van der Waals surface area (Å²) in [4.78, 5) is 31.7. The molecule has 1 unspecified atom stereocenters. The van der Waals surface area contributed by atoms with E-state index in [4.69, 9.17) is 9.47 Å². The Hall–Kier alpha value is -3.13. The molecule has 8 heteroatoms. The lowest BCUT2D eigenvalue weighted by Gasteiger charge is -2.41. The van der Waals surface area contributed by atoms with E-state index in [1.54, 1.807) is 28.9 Å². The normalized spacial score (nSPS) is 17.2. The summed E-state index contributed by atoms with van der Waals surface area (Å²) in [6.07, 6.45) is -1.41. The van der Waals surface area contributed by atoms with Gasteiger partial charge in [0.05, 0.1) is 0 Å². The van der Waals surface area contributed by atoms with E-state index < -0.39 is 23.6 Å². The van der Waals surface area contributed by atoms with Gasteiger partial charge in [-0.05, 0) is 78.0 Å². The van der Waals surface area contributed by atoms with Crippen molar-refractivity contribution in [1.29, 1.82) is 0 Å². The van der Waals surface area contributed by atoms with E-state index in [2.05, 4.69) is 4.90 Å². The first-order valence-corrected chi connectivity index (χ1v) is 12.3. The number of hydrogen-bond acceptors (Lipinski definition) is 5. The summed E-state index contributed by atoms with van der Waals surface area (Å²) in [6.45, 7) is 10.8. The molecule has 2 aromatic rings. The summed E-state index contributed by atoms with van der Waals surface area (Å²) >= 11 is 0. The van der Waals surface area contributed by atoms with Crippen molar-refractivity contribution in [2.45, 2.75) is 58.9 Å². The van der Waals surface area contributed by atoms with Gasteiger partial charge in [0.25, 0.3) is 5.91 Å². The molecule has 0 spiro atoms. The zero-order valence-electron chi connectivity index (χ0n) is 22.4. The maximum atomic E-state index is 14.5. The maximum Gasteiger partial charge on any atom is 0.410 e. The lowest BCUT2D eigenvalue weighted by molar-refractivity contribution is -0.142. The summed E-state index contributed by atoms with van der Waals surface area (Å²) in [6, 6.07) is 12.1. The second kappa shape index (κ2) is 11.3. The molecule has 0 bridgehead atoms. The monoisotopic (exact) mass is 499 g/mol. The van der Waals surface area contributed by atoms with Crippen molar-refractivity contribution in [3.8, 4) is 5.75 Å². The van der Waals surface area contributed by atoms with E-state index >= 15 is 0 Å². The third-order valence-electron chi connectivity index (χ3n) is 5.97. The van der Waals surface area contributed by atoms with Gasteiger partial charge in [0.2, 0.25) is 6.10 Å². The van der Waals surface area contributed by atoms with Crippen molar-refractivity contribution < 1.29 is 23.5 Å². The fourth-order valence-electron chi connectivity index (χ4n) is 4.12. The van der Waals surface area contributed by atoms with Gasteiger partial charge in [0.1, 0.15) is 17.2 Å². The zero-order chi connectivity index (χ0) is 26.6. The predicted octanol–water partition coefficient (Wildman–Crippen LogP) is 4.78. The Morgan fingerprint density at radius 2 is 1.78 bits per heavy atom. The average molecular weight is 500 g/mol. The van der Waals surface area contributed by atoms with Crippen LogP contribution in [0.5, 0.6) is 5.75 Å². The van der Waals surface area contributed by atoms with Crippen LogP contribution in [0.2, 0.25) is 0 Å². The van der Waals surface area contributed by atoms with Crippen LogP contribution in [0.25, 0.3) is 0 Å². The first-order chi connectivity index (χ1) is 16.8. The van der Waals surface area contributed by atoms with Gasteiger partial charge in [-0.1, -0.05) is 24.3 Å². The zero-order valence-corrected chi connectivity index (χ0v) is 22.4.